The van der Waals surface area contributed by atoms with E-state index in [1.807, 2.05) is 0 Å². The summed E-state index contributed by atoms with van der Waals surface area (Å²) in [5.74, 6) is 0.721. The van der Waals surface area contributed by atoms with Crippen LogP contribution < -0.4 is 0 Å². The average molecular weight is 270 g/mol. The summed E-state index contributed by atoms with van der Waals surface area (Å²) in [5, 5.41) is 0. The van der Waals surface area contributed by atoms with Crippen LogP contribution in [-0.4, -0.2) is 16.7 Å². The van der Waals surface area contributed by atoms with Gasteiger partial charge in [0, 0.05) is 11.8 Å². The van der Waals surface area contributed by atoms with Gasteiger partial charge in [-0.2, -0.15) is 0 Å². The van der Waals surface area contributed by atoms with Crippen LogP contribution >= 0.6 is 7.37 Å². The smallest absolute Gasteiger partial charge is 0.208 e. The molecule has 2 nitrogen and oxygen atoms in total. The zero-order valence-electron chi connectivity index (χ0n) is 11.8. The first-order chi connectivity index (χ1) is 8.31. The van der Waals surface area contributed by atoms with Gasteiger partial charge < -0.3 is 4.89 Å². The highest BCUT2D eigenvalue weighted by atomic mass is 31.2. The molecule has 0 bridgehead atoms. The Labute approximate surface area is 111 Å². The Hall–Kier alpha value is -0.0700. The molecule has 18 heavy (non-hydrogen) atoms. The molecule has 0 heterocycles. The fraction of sp³-hybridized carbons (Fsp3) is 0.867. The highest BCUT2D eigenvalue weighted by molar-refractivity contribution is 7.59. The molecule has 2 atom stereocenters. The Balaban J connectivity index is 1.81. The molecule has 0 aromatic heterocycles. The minimum atomic E-state index is -3.00. The maximum atomic E-state index is 12.3. The van der Waals surface area contributed by atoms with E-state index in [0.29, 0.717) is 6.16 Å². The molecule has 0 spiro atoms. The molecule has 1 N–H and O–H groups in total. The van der Waals surface area contributed by atoms with Crippen molar-refractivity contribution in [1.29, 1.82) is 0 Å². The third-order valence-corrected chi connectivity index (χ3v) is 7.46. The predicted octanol–water partition coefficient (Wildman–Crippen LogP) is 4.58. The second-order valence-corrected chi connectivity index (χ2v) is 9.53. The molecular weight excluding hydrogens is 243 g/mol. The highest BCUT2D eigenvalue weighted by Crippen LogP contribution is 2.68. The third-order valence-electron chi connectivity index (χ3n) is 4.70. The van der Waals surface area contributed by atoms with Gasteiger partial charge in [-0.3, -0.25) is 4.57 Å². The van der Waals surface area contributed by atoms with Gasteiger partial charge in [-0.25, -0.2) is 0 Å². The lowest BCUT2D eigenvalue weighted by molar-refractivity contribution is 0.355. The van der Waals surface area contributed by atoms with Gasteiger partial charge in [-0.1, -0.05) is 58.1 Å². The second kappa shape index (κ2) is 5.13. The maximum Gasteiger partial charge on any atom is 0.208 e. The number of hydrogen-bond acceptors (Lipinski definition) is 1. The van der Waals surface area contributed by atoms with Crippen molar-refractivity contribution in [2.45, 2.75) is 64.5 Å². The van der Waals surface area contributed by atoms with Crippen LogP contribution in [0.25, 0.3) is 0 Å². The monoisotopic (exact) mass is 270 g/mol. The van der Waals surface area contributed by atoms with Gasteiger partial charge in [0.25, 0.3) is 0 Å². The van der Waals surface area contributed by atoms with Crippen LogP contribution in [-0.2, 0) is 4.57 Å². The molecule has 0 saturated heterocycles. The molecule has 0 aliphatic heterocycles. The van der Waals surface area contributed by atoms with Crippen LogP contribution in [0.1, 0.15) is 58.8 Å². The highest BCUT2D eigenvalue weighted by Gasteiger charge is 2.55. The molecule has 3 heteroatoms. The summed E-state index contributed by atoms with van der Waals surface area (Å²) in [4.78, 5) is 10.2. The number of allylic oxidation sites excluding steroid dienone is 1. The van der Waals surface area contributed by atoms with Gasteiger partial charge in [0.15, 0.2) is 0 Å². The predicted molar refractivity (Wildman–Crippen MR) is 77.2 cm³/mol. The topological polar surface area (TPSA) is 37.3 Å². The molecule has 2 saturated carbocycles. The van der Waals surface area contributed by atoms with Crippen molar-refractivity contribution in [2.75, 3.05) is 6.16 Å². The van der Waals surface area contributed by atoms with Crippen LogP contribution in [0, 0.1) is 11.3 Å². The molecule has 104 valence electrons. The first-order valence-corrected chi connectivity index (χ1v) is 9.21. The summed E-state index contributed by atoms with van der Waals surface area (Å²) in [7, 11) is -3.00. The quantitative estimate of drug-likeness (QED) is 0.586. The second-order valence-electron chi connectivity index (χ2n) is 7.08. The van der Waals surface area contributed by atoms with Crippen molar-refractivity contribution in [3.05, 3.63) is 12.2 Å². The van der Waals surface area contributed by atoms with Gasteiger partial charge in [-0.15, -0.1) is 0 Å². The van der Waals surface area contributed by atoms with E-state index in [1.54, 1.807) is 0 Å². The fourth-order valence-electron chi connectivity index (χ4n) is 3.42. The summed E-state index contributed by atoms with van der Waals surface area (Å²) in [5.41, 5.74) is 1.11. The van der Waals surface area contributed by atoms with Gasteiger partial charge in [0.05, 0.1) is 0 Å². The normalized spacial score (nSPS) is 30.7. The van der Waals surface area contributed by atoms with Crippen LogP contribution in [0.3, 0.4) is 0 Å². The summed E-state index contributed by atoms with van der Waals surface area (Å²) >= 11 is 0. The Kier molecular flexibility index (Phi) is 4.09. The van der Waals surface area contributed by atoms with Crippen molar-refractivity contribution >= 4 is 7.37 Å². The lowest BCUT2D eigenvalue weighted by Gasteiger charge is -2.23. The molecule has 2 rings (SSSR count). The van der Waals surface area contributed by atoms with Gasteiger partial charge in [0.1, 0.15) is 0 Å². The van der Waals surface area contributed by atoms with E-state index in [2.05, 4.69) is 20.4 Å². The van der Waals surface area contributed by atoms with E-state index < -0.39 is 7.37 Å². The maximum absolute atomic E-state index is 12.3. The molecular formula is C15H27O2P. The van der Waals surface area contributed by atoms with Crippen molar-refractivity contribution in [2.24, 2.45) is 11.3 Å². The zero-order chi connectivity index (χ0) is 13.4. The van der Waals surface area contributed by atoms with Crippen LogP contribution in [0.2, 0.25) is 0 Å². The lowest BCUT2D eigenvalue weighted by atomic mass is 9.85. The number of rotatable bonds is 5. The van der Waals surface area contributed by atoms with E-state index in [0.717, 1.165) is 24.3 Å². The molecule has 0 aromatic carbocycles. The number of hydrogen-bond donors (Lipinski definition) is 1. The minimum Gasteiger partial charge on any atom is -0.344 e. The fourth-order valence-corrected chi connectivity index (χ4v) is 6.26. The Morgan fingerprint density at radius 2 is 1.89 bits per heavy atom. The minimum absolute atomic E-state index is 0.0214. The standard InChI is InChI=1S/C15H27O2P/c1-12(9-13-7-5-4-6-8-13)11-18(16,17)14-10-15(14,2)3/h13-14H,1,4-11H2,2-3H3,(H,16,17). The average Bonchev–Trinajstić information content (AvgIpc) is 2.89. The first-order valence-electron chi connectivity index (χ1n) is 7.29. The van der Waals surface area contributed by atoms with Gasteiger partial charge in [-0.05, 0) is 24.2 Å². The lowest BCUT2D eigenvalue weighted by Crippen LogP contribution is -2.09. The Morgan fingerprint density at radius 1 is 1.33 bits per heavy atom. The summed E-state index contributed by atoms with van der Waals surface area (Å²) in [6.07, 6.45) is 8.80. The van der Waals surface area contributed by atoms with E-state index in [4.69, 9.17) is 0 Å². The van der Waals surface area contributed by atoms with E-state index >= 15 is 0 Å². The van der Waals surface area contributed by atoms with Crippen molar-refractivity contribution in [1.82, 2.24) is 0 Å². The Bertz CT molecular complexity index is 367. The van der Waals surface area contributed by atoms with Gasteiger partial charge >= 0.3 is 0 Å². The molecule has 0 radical (unpaired) electrons. The van der Waals surface area contributed by atoms with Crippen LogP contribution in [0.5, 0.6) is 0 Å². The Morgan fingerprint density at radius 3 is 2.39 bits per heavy atom. The molecule has 0 amide bonds. The molecule has 2 unspecified atom stereocenters. The molecule has 0 aromatic rings. The van der Waals surface area contributed by atoms with E-state index in [9.17, 15) is 9.46 Å². The summed E-state index contributed by atoms with van der Waals surface area (Å²) in [6, 6.07) is 0. The van der Waals surface area contributed by atoms with Gasteiger partial charge in [0.2, 0.25) is 7.37 Å². The van der Waals surface area contributed by atoms with E-state index in [-0.39, 0.29) is 11.1 Å². The molecule has 2 fully saturated rings. The SMILES string of the molecule is C=C(CC1CCCCC1)CP(=O)(O)C1CC1(C)C. The van der Waals surface area contributed by atoms with E-state index in [1.165, 1.54) is 32.1 Å². The van der Waals surface area contributed by atoms with Crippen molar-refractivity contribution in [3.8, 4) is 0 Å². The summed E-state index contributed by atoms with van der Waals surface area (Å²) in [6.45, 7) is 8.24. The third kappa shape index (κ3) is 3.48. The van der Waals surface area contributed by atoms with Crippen molar-refractivity contribution in [3.63, 3.8) is 0 Å². The summed E-state index contributed by atoms with van der Waals surface area (Å²) < 4.78 is 12.3. The first kappa shape index (κ1) is 14.3. The zero-order valence-corrected chi connectivity index (χ0v) is 12.7. The van der Waals surface area contributed by atoms with Crippen LogP contribution in [0.15, 0.2) is 12.2 Å². The van der Waals surface area contributed by atoms with Crippen LogP contribution in [0.4, 0.5) is 0 Å². The molecule has 2 aliphatic carbocycles. The van der Waals surface area contributed by atoms with Crippen molar-refractivity contribution < 1.29 is 9.46 Å². The molecule has 2 aliphatic rings. The largest absolute Gasteiger partial charge is 0.344 e.